The summed E-state index contributed by atoms with van der Waals surface area (Å²) >= 11 is 3.22. The fourth-order valence-electron chi connectivity index (χ4n) is 1.56. The number of aromatic carboxylic acids is 1. The molecule has 0 aliphatic rings. The van der Waals surface area contributed by atoms with E-state index in [0.717, 1.165) is 12.8 Å². The van der Waals surface area contributed by atoms with Crippen molar-refractivity contribution in [2.24, 2.45) is 0 Å². The number of carboxylic acids is 1. The van der Waals surface area contributed by atoms with E-state index in [9.17, 15) is 9.90 Å². The number of benzene rings is 1. The first-order chi connectivity index (χ1) is 7.56. The maximum absolute atomic E-state index is 11.0. The molecule has 0 saturated carbocycles. The fourth-order valence-corrected chi connectivity index (χ4v) is 1.92. The average Bonchev–Trinajstić information content (AvgIpc) is 2.25. The number of hydrogen-bond donors (Lipinski definition) is 2. The second-order valence-electron chi connectivity index (χ2n) is 3.69. The van der Waals surface area contributed by atoms with Crippen LogP contribution in [0.5, 0.6) is 0 Å². The van der Waals surface area contributed by atoms with Crippen LogP contribution in [0.2, 0.25) is 0 Å². The van der Waals surface area contributed by atoms with E-state index >= 15 is 0 Å². The maximum atomic E-state index is 11.0. The van der Waals surface area contributed by atoms with Crippen molar-refractivity contribution in [3.05, 3.63) is 33.8 Å². The van der Waals surface area contributed by atoms with Gasteiger partial charge in [0.25, 0.3) is 0 Å². The number of carbonyl (C=O) groups is 1. The van der Waals surface area contributed by atoms with Gasteiger partial charge in [-0.3, -0.25) is 0 Å². The number of hydrogen-bond acceptors (Lipinski definition) is 2. The number of aliphatic hydroxyl groups excluding tert-OH is 1. The van der Waals surface area contributed by atoms with E-state index < -0.39 is 12.1 Å². The number of rotatable bonds is 5. The van der Waals surface area contributed by atoms with Crippen molar-refractivity contribution in [2.45, 2.75) is 32.3 Å². The van der Waals surface area contributed by atoms with Gasteiger partial charge in [0.1, 0.15) is 0 Å². The molecule has 3 nitrogen and oxygen atoms in total. The summed E-state index contributed by atoms with van der Waals surface area (Å²) in [6.07, 6.45) is 1.77. The molecule has 0 aliphatic heterocycles. The quantitative estimate of drug-likeness (QED) is 0.822. The van der Waals surface area contributed by atoms with Crippen LogP contribution in [0.15, 0.2) is 22.7 Å². The molecule has 5 heteroatoms. The molecule has 1 rings (SSSR count). The average molecular weight is 311 g/mol. The van der Waals surface area contributed by atoms with Crippen molar-refractivity contribution in [3.8, 4) is 0 Å². The summed E-state index contributed by atoms with van der Waals surface area (Å²) in [5.41, 5.74) is 0.655. The molecule has 1 aromatic carbocycles. The summed E-state index contributed by atoms with van der Waals surface area (Å²) in [4.78, 5) is 11.0. The molecule has 0 bridgehead atoms. The normalized spacial score (nSPS) is 11.7. The Bertz CT molecular complexity index is 382. The third kappa shape index (κ3) is 5.10. The monoisotopic (exact) mass is 310 g/mol. The summed E-state index contributed by atoms with van der Waals surface area (Å²) in [7, 11) is 0. The summed E-state index contributed by atoms with van der Waals surface area (Å²) < 4.78 is 0.705. The molecule has 2 N–H and O–H groups in total. The SMILES string of the molecule is CCCCC(O)c1ccc(Br)cc1C(=O)O.[NaH]. The molecule has 0 amide bonds. The minimum atomic E-state index is -1.01. The van der Waals surface area contributed by atoms with Gasteiger partial charge >= 0.3 is 35.5 Å². The van der Waals surface area contributed by atoms with Gasteiger partial charge in [0, 0.05) is 4.47 Å². The summed E-state index contributed by atoms with van der Waals surface area (Å²) in [5, 5.41) is 18.9. The first kappa shape index (κ1) is 17.1. The zero-order valence-electron chi connectivity index (χ0n) is 9.11. The van der Waals surface area contributed by atoms with Gasteiger partial charge in [0.05, 0.1) is 11.7 Å². The van der Waals surface area contributed by atoms with E-state index in [1.807, 2.05) is 6.92 Å². The van der Waals surface area contributed by atoms with Gasteiger partial charge in [-0.25, -0.2) is 4.79 Å². The Morgan fingerprint density at radius 3 is 2.65 bits per heavy atom. The first-order valence-electron chi connectivity index (χ1n) is 5.27. The number of unbranched alkanes of at least 4 members (excludes halogenated alkanes) is 1. The molecule has 1 aromatic rings. The molecule has 0 fully saturated rings. The molecule has 0 aliphatic carbocycles. The molecule has 0 aromatic heterocycles. The Morgan fingerprint density at radius 2 is 2.12 bits per heavy atom. The Kier molecular flexibility index (Phi) is 8.33. The van der Waals surface area contributed by atoms with Crippen LogP contribution < -0.4 is 0 Å². The third-order valence-electron chi connectivity index (χ3n) is 2.44. The molecule has 17 heavy (non-hydrogen) atoms. The van der Waals surface area contributed by atoms with E-state index in [1.165, 1.54) is 6.07 Å². The Hall–Kier alpha value is 0.130. The van der Waals surface area contributed by atoms with Crippen molar-refractivity contribution in [1.82, 2.24) is 0 Å². The second-order valence-corrected chi connectivity index (χ2v) is 4.61. The van der Waals surface area contributed by atoms with Gasteiger partial charge in [0.15, 0.2) is 0 Å². The van der Waals surface area contributed by atoms with Crippen LogP contribution in [-0.4, -0.2) is 45.7 Å². The molecular weight excluding hydrogens is 295 g/mol. The second kappa shape index (κ2) is 8.27. The van der Waals surface area contributed by atoms with Crippen LogP contribution in [0.4, 0.5) is 0 Å². The Balaban J connectivity index is 0.00000256. The molecule has 1 atom stereocenters. The van der Waals surface area contributed by atoms with E-state index in [0.29, 0.717) is 16.5 Å². The molecular formula is C12H16BrNaO3. The van der Waals surface area contributed by atoms with Gasteiger partial charge in [0.2, 0.25) is 0 Å². The molecule has 0 heterocycles. The standard InChI is InChI=1S/C12H15BrO3.Na.H/c1-2-3-4-11(14)9-6-5-8(13)7-10(9)12(15)16;;/h5-7,11,14H,2-4H2,1H3,(H,15,16);;. The topological polar surface area (TPSA) is 57.5 Å². The number of halogens is 1. The van der Waals surface area contributed by atoms with Gasteiger partial charge in [-0.1, -0.05) is 41.8 Å². The molecule has 0 spiro atoms. The van der Waals surface area contributed by atoms with Crippen LogP contribution in [0.1, 0.15) is 48.2 Å². The van der Waals surface area contributed by atoms with Gasteiger partial charge in [-0.2, -0.15) is 0 Å². The first-order valence-corrected chi connectivity index (χ1v) is 6.06. The van der Waals surface area contributed by atoms with Crippen LogP contribution in [0, 0.1) is 0 Å². The van der Waals surface area contributed by atoms with E-state index in [4.69, 9.17) is 5.11 Å². The molecule has 90 valence electrons. The summed E-state index contributed by atoms with van der Waals surface area (Å²) in [6.45, 7) is 2.03. The zero-order valence-corrected chi connectivity index (χ0v) is 10.7. The van der Waals surface area contributed by atoms with Crippen LogP contribution in [-0.2, 0) is 0 Å². The van der Waals surface area contributed by atoms with Crippen LogP contribution in [0.3, 0.4) is 0 Å². The van der Waals surface area contributed by atoms with Gasteiger partial charge in [-0.15, -0.1) is 0 Å². The van der Waals surface area contributed by atoms with E-state index in [-0.39, 0.29) is 35.1 Å². The van der Waals surface area contributed by atoms with Gasteiger partial charge in [-0.05, 0) is 24.1 Å². The van der Waals surface area contributed by atoms with Crippen molar-refractivity contribution >= 4 is 51.5 Å². The molecule has 0 saturated heterocycles. The zero-order chi connectivity index (χ0) is 12.1. The Morgan fingerprint density at radius 1 is 1.47 bits per heavy atom. The molecule has 0 radical (unpaired) electrons. The number of aliphatic hydroxyl groups is 1. The minimum absolute atomic E-state index is 0. The Labute approximate surface area is 132 Å². The van der Waals surface area contributed by atoms with Crippen molar-refractivity contribution < 1.29 is 15.0 Å². The fraction of sp³-hybridized carbons (Fsp3) is 0.417. The predicted octanol–water partition coefficient (Wildman–Crippen LogP) is 2.72. The van der Waals surface area contributed by atoms with Crippen LogP contribution >= 0.6 is 15.9 Å². The predicted molar refractivity (Wildman–Crippen MR) is 72.7 cm³/mol. The van der Waals surface area contributed by atoms with E-state index in [1.54, 1.807) is 12.1 Å². The van der Waals surface area contributed by atoms with Crippen molar-refractivity contribution in [1.29, 1.82) is 0 Å². The van der Waals surface area contributed by atoms with Gasteiger partial charge < -0.3 is 10.2 Å². The summed E-state index contributed by atoms with van der Waals surface area (Å²) in [5.74, 6) is -1.01. The third-order valence-corrected chi connectivity index (χ3v) is 2.93. The summed E-state index contributed by atoms with van der Waals surface area (Å²) in [6, 6.07) is 4.93. The molecule has 1 unspecified atom stereocenters. The van der Waals surface area contributed by atoms with Crippen LogP contribution in [0.25, 0.3) is 0 Å². The van der Waals surface area contributed by atoms with E-state index in [2.05, 4.69) is 15.9 Å². The van der Waals surface area contributed by atoms with Crippen molar-refractivity contribution in [3.63, 3.8) is 0 Å². The number of carboxylic acid groups (broad SMARTS) is 1. The van der Waals surface area contributed by atoms with Crippen molar-refractivity contribution in [2.75, 3.05) is 0 Å².